The Morgan fingerprint density at radius 1 is 1.03 bits per heavy atom. The van der Waals surface area contributed by atoms with Crippen molar-refractivity contribution in [3.63, 3.8) is 0 Å². The highest BCUT2D eigenvalue weighted by Crippen LogP contribution is 2.29. The summed E-state index contributed by atoms with van der Waals surface area (Å²) >= 11 is 1.55. The van der Waals surface area contributed by atoms with Crippen molar-refractivity contribution in [3.05, 3.63) is 45.1 Å². The lowest BCUT2D eigenvalue weighted by molar-refractivity contribution is -0.121. The molecule has 0 saturated carbocycles. The van der Waals surface area contributed by atoms with E-state index in [1.165, 1.54) is 13.2 Å². The van der Waals surface area contributed by atoms with Crippen molar-refractivity contribution in [1.82, 2.24) is 10.9 Å². The first-order valence-electron chi connectivity index (χ1n) is 9.25. The molecular weight excluding hydrogens is 392 g/mol. The lowest BCUT2D eigenvalue weighted by Gasteiger charge is -2.14. The number of methoxy groups -OCH3 is 1. The lowest BCUT2D eigenvalue weighted by atomic mass is 10.1. The van der Waals surface area contributed by atoms with E-state index in [0.29, 0.717) is 22.6 Å². The first kappa shape index (κ1) is 22.4. The van der Waals surface area contributed by atoms with E-state index in [9.17, 15) is 14.4 Å². The van der Waals surface area contributed by atoms with E-state index in [1.54, 1.807) is 23.5 Å². The Balaban J connectivity index is 1.87. The van der Waals surface area contributed by atoms with Crippen molar-refractivity contribution >= 4 is 28.9 Å². The highest BCUT2D eigenvalue weighted by molar-refractivity contribution is 7.12. The Hall–Kier alpha value is -2.87. The van der Waals surface area contributed by atoms with Gasteiger partial charge in [-0.15, -0.1) is 11.3 Å². The van der Waals surface area contributed by atoms with E-state index in [2.05, 4.69) is 10.9 Å². The number of ketones is 1. The van der Waals surface area contributed by atoms with Gasteiger partial charge in [-0.1, -0.05) is 0 Å². The average molecular weight is 419 g/mol. The van der Waals surface area contributed by atoms with Crippen LogP contribution in [0.1, 0.15) is 57.2 Å². The largest absolute Gasteiger partial charge is 0.493 e. The van der Waals surface area contributed by atoms with Crippen molar-refractivity contribution in [2.45, 2.75) is 46.6 Å². The molecule has 8 heteroatoms. The third-order valence-electron chi connectivity index (χ3n) is 4.02. The molecule has 0 bridgehead atoms. The quantitative estimate of drug-likeness (QED) is 0.505. The van der Waals surface area contributed by atoms with Crippen molar-refractivity contribution in [2.75, 3.05) is 7.11 Å². The van der Waals surface area contributed by atoms with Crippen LogP contribution in [0, 0.1) is 13.8 Å². The molecule has 0 saturated heterocycles. The number of hydrogen-bond donors (Lipinski definition) is 2. The zero-order valence-corrected chi connectivity index (χ0v) is 18.1. The standard InChI is InChI=1S/C21H26N2O5S/c1-12(2)28-18-8-6-15(11-19(18)27-5)21(26)23-22-20(25)9-7-17(24)16-10-13(3)29-14(16)4/h6,8,10-12H,7,9H2,1-5H3,(H,22,25)(H,23,26). The van der Waals surface area contributed by atoms with Crippen LogP contribution in [0.4, 0.5) is 0 Å². The molecule has 0 aliphatic rings. The van der Waals surface area contributed by atoms with Crippen molar-refractivity contribution < 1.29 is 23.9 Å². The summed E-state index contributed by atoms with van der Waals surface area (Å²) in [6, 6.07) is 6.58. The maximum Gasteiger partial charge on any atom is 0.269 e. The van der Waals surface area contributed by atoms with E-state index in [0.717, 1.165) is 9.75 Å². The molecule has 2 amide bonds. The number of aryl methyl sites for hydroxylation is 2. The predicted molar refractivity (Wildman–Crippen MR) is 112 cm³/mol. The number of Topliss-reactive ketones (excluding diaryl/α,β-unsaturated/α-hetero) is 1. The van der Waals surface area contributed by atoms with Crippen LogP contribution in [0.25, 0.3) is 0 Å². The number of benzene rings is 1. The van der Waals surface area contributed by atoms with Gasteiger partial charge in [0, 0.05) is 33.7 Å². The summed E-state index contributed by atoms with van der Waals surface area (Å²) in [6.45, 7) is 7.60. The van der Waals surface area contributed by atoms with Gasteiger partial charge in [0.2, 0.25) is 5.91 Å². The SMILES string of the molecule is COc1cc(C(=O)NNC(=O)CCC(=O)c2cc(C)sc2C)ccc1OC(C)C. The molecule has 0 aliphatic heterocycles. The van der Waals surface area contributed by atoms with Gasteiger partial charge < -0.3 is 9.47 Å². The van der Waals surface area contributed by atoms with Gasteiger partial charge in [-0.2, -0.15) is 0 Å². The predicted octanol–water partition coefficient (Wildman–Crippen LogP) is 3.58. The molecule has 7 nitrogen and oxygen atoms in total. The van der Waals surface area contributed by atoms with E-state index in [4.69, 9.17) is 9.47 Å². The third kappa shape index (κ3) is 6.32. The van der Waals surface area contributed by atoms with E-state index in [1.807, 2.05) is 33.8 Å². The van der Waals surface area contributed by atoms with Crippen LogP contribution in [0.15, 0.2) is 24.3 Å². The van der Waals surface area contributed by atoms with Crippen LogP contribution in [0.5, 0.6) is 11.5 Å². The van der Waals surface area contributed by atoms with Gasteiger partial charge in [-0.3, -0.25) is 25.2 Å². The lowest BCUT2D eigenvalue weighted by Crippen LogP contribution is -2.41. The average Bonchev–Trinajstić information content (AvgIpc) is 3.02. The fourth-order valence-corrected chi connectivity index (χ4v) is 3.63. The van der Waals surface area contributed by atoms with Gasteiger partial charge in [-0.25, -0.2) is 0 Å². The minimum Gasteiger partial charge on any atom is -0.493 e. The molecule has 1 heterocycles. The molecule has 0 spiro atoms. The van der Waals surface area contributed by atoms with E-state index < -0.39 is 11.8 Å². The summed E-state index contributed by atoms with van der Waals surface area (Å²) in [7, 11) is 1.49. The van der Waals surface area contributed by atoms with E-state index >= 15 is 0 Å². The molecule has 0 radical (unpaired) electrons. The third-order valence-corrected chi connectivity index (χ3v) is 4.99. The van der Waals surface area contributed by atoms with Crippen LogP contribution in [-0.2, 0) is 4.79 Å². The Morgan fingerprint density at radius 2 is 1.76 bits per heavy atom. The van der Waals surface area contributed by atoms with Crippen LogP contribution in [0.3, 0.4) is 0 Å². The molecule has 2 N–H and O–H groups in total. The molecule has 29 heavy (non-hydrogen) atoms. The first-order chi connectivity index (χ1) is 13.7. The van der Waals surface area contributed by atoms with Gasteiger partial charge in [0.25, 0.3) is 5.91 Å². The zero-order valence-electron chi connectivity index (χ0n) is 17.3. The van der Waals surface area contributed by atoms with Crippen LogP contribution < -0.4 is 20.3 Å². The number of carbonyl (C=O) groups excluding carboxylic acids is 3. The molecule has 0 fully saturated rings. The number of hydrogen-bond acceptors (Lipinski definition) is 6. The molecule has 156 valence electrons. The van der Waals surface area contributed by atoms with Crippen LogP contribution in [-0.4, -0.2) is 30.8 Å². The second-order valence-electron chi connectivity index (χ2n) is 6.78. The molecule has 0 atom stereocenters. The minimum atomic E-state index is -0.497. The number of thiophene rings is 1. The molecule has 2 aromatic rings. The van der Waals surface area contributed by atoms with E-state index in [-0.39, 0.29) is 24.7 Å². The topological polar surface area (TPSA) is 93.7 Å². The summed E-state index contributed by atoms with van der Waals surface area (Å²) in [5.74, 6) is -0.0736. The van der Waals surface area contributed by atoms with Gasteiger partial charge >= 0.3 is 0 Å². The monoisotopic (exact) mass is 418 g/mol. The summed E-state index contributed by atoms with van der Waals surface area (Å²) in [4.78, 5) is 38.5. The number of amides is 2. The molecule has 1 aromatic carbocycles. The second-order valence-corrected chi connectivity index (χ2v) is 8.25. The number of carbonyl (C=O) groups is 3. The zero-order chi connectivity index (χ0) is 21.6. The Labute approximate surface area is 174 Å². The fourth-order valence-electron chi connectivity index (χ4n) is 2.69. The normalized spacial score (nSPS) is 10.6. The summed E-state index contributed by atoms with van der Waals surface area (Å²) < 4.78 is 10.9. The minimum absolute atomic E-state index is 0.0159. The fraction of sp³-hybridized carbons (Fsp3) is 0.381. The van der Waals surface area contributed by atoms with Gasteiger partial charge in [0.05, 0.1) is 13.2 Å². The van der Waals surface area contributed by atoms with Crippen LogP contribution >= 0.6 is 11.3 Å². The van der Waals surface area contributed by atoms with Gasteiger partial charge in [0.15, 0.2) is 17.3 Å². The number of hydrazine groups is 1. The number of ether oxygens (including phenoxy) is 2. The Kier molecular flexibility index (Phi) is 7.78. The smallest absolute Gasteiger partial charge is 0.269 e. The number of rotatable bonds is 8. The van der Waals surface area contributed by atoms with Crippen molar-refractivity contribution in [2.24, 2.45) is 0 Å². The highest BCUT2D eigenvalue weighted by Gasteiger charge is 2.15. The molecular formula is C21H26N2O5S. The summed E-state index contributed by atoms with van der Waals surface area (Å²) in [6.07, 6.45) is 0.0264. The van der Waals surface area contributed by atoms with Gasteiger partial charge in [0.1, 0.15) is 0 Å². The van der Waals surface area contributed by atoms with Crippen LogP contribution in [0.2, 0.25) is 0 Å². The molecule has 0 unspecified atom stereocenters. The Morgan fingerprint density at radius 3 is 2.34 bits per heavy atom. The number of nitrogens with one attached hydrogen (secondary N) is 2. The van der Waals surface area contributed by atoms with Crippen molar-refractivity contribution in [3.8, 4) is 11.5 Å². The first-order valence-corrected chi connectivity index (χ1v) is 10.1. The molecule has 1 aromatic heterocycles. The highest BCUT2D eigenvalue weighted by atomic mass is 32.1. The van der Waals surface area contributed by atoms with Gasteiger partial charge in [-0.05, 0) is 52.0 Å². The maximum atomic E-state index is 12.3. The summed E-state index contributed by atoms with van der Waals surface area (Å²) in [5, 5.41) is 0. The van der Waals surface area contributed by atoms with Crippen molar-refractivity contribution in [1.29, 1.82) is 0 Å². The molecule has 2 rings (SSSR count). The maximum absolute atomic E-state index is 12.3. The molecule has 0 aliphatic carbocycles. The summed E-state index contributed by atoms with van der Waals surface area (Å²) in [5.41, 5.74) is 5.63. The Bertz CT molecular complexity index is 904. The second kappa shape index (κ2) is 10.1.